The Labute approximate surface area is 395 Å². The number of aliphatic hydroxyl groups excluding tert-OH is 3. The molecule has 67 heavy (non-hydrogen) atoms. The van der Waals surface area contributed by atoms with Crippen LogP contribution in [0.1, 0.15) is 114 Å². The summed E-state index contributed by atoms with van der Waals surface area (Å²) in [7, 11) is 0. The largest absolute Gasteiger partial charge is 0.481 e. The number of carboxylic acids is 1. The molecule has 4 saturated carbocycles. The van der Waals surface area contributed by atoms with Gasteiger partial charge in [-0.3, -0.25) is 19.2 Å². The number of aliphatic carboxylic acids is 1. The molecule has 16 heteroatoms. The molecule has 364 valence electrons. The van der Waals surface area contributed by atoms with Crippen LogP contribution in [0.5, 0.6) is 0 Å². The molecule has 4 aliphatic carbocycles. The summed E-state index contributed by atoms with van der Waals surface area (Å²) in [5.74, 6) is -3.27. The number of piperidine rings is 1. The van der Waals surface area contributed by atoms with E-state index in [1.54, 1.807) is 41.3 Å². The first-order valence-corrected chi connectivity index (χ1v) is 24.6. The van der Waals surface area contributed by atoms with Gasteiger partial charge in [0.05, 0.1) is 24.7 Å². The fourth-order valence-electron chi connectivity index (χ4n) is 13.5. The molecule has 3 aromatic rings. The first-order valence-electron chi connectivity index (χ1n) is 24.2. The Bertz CT molecular complexity index is 2320. The molecule has 0 bridgehead atoms. The van der Waals surface area contributed by atoms with Crippen molar-refractivity contribution in [2.24, 2.45) is 46.3 Å². The van der Waals surface area contributed by atoms with Crippen LogP contribution < -0.4 is 10.6 Å². The van der Waals surface area contributed by atoms with Gasteiger partial charge in [0, 0.05) is 54.7 Å². The molecule has 3 unspecified atom stereocenters. The van der Waals surface area contributed by atoms with Crippen LogP contribution in [-0.2, 0) is 30.3 Å². The van der Waals surface area contributed by atoms with E-state index in [0.29, 0.717) is 41.8 Å². The van der Waals surface area contributed by atoms with Gasteiger partial charge in [0.15, 0.2) is 0 Å². The topological polar surface area (TPSA) is 219 Å². The molecule has 1 aliphatic heterocycles. The Morgan fingerprint density at radius 2 is 1.64 bits per heavy atom. The summed E-state index contributed by atoms with van der Waals surface area (Å²) < 4.78 is 19.5. The van der Waals surface area contributed by atoms with Crippen molar-refractivity contribution < 1.29 is 53.5 Å². The van der Waals surface area contributed by atoms with Gasteiger partial charge in [-0.15, -0.1) is 0 Å². The van der Waals surface area contributed by atoms with Gasteiger partial charge in [0.1, 0.15) is 29.7 Å². The lowest BCUT2D eigenvalue weighted by Gasteiger charge is -2.63. The van der Waals surface area contributed by atoms with Gasteiger partial charge in [-0.25, -0.2) is 9.18 Å². The molecular weight excluding hydrogens is 883 g/mol. The van der Waals surface area contributed by atoms with E-state index in [2.05, 4.69) is 36.4 Å². The Balaban J connectivity index is 0.844. The van der Waals surface area contributed by atoms with Crippen molar-refractivity contribution in [2.75, 3.05) is 13.1 Å². The predicted octanol–water partition coefficient (Wildman–Crippen LogP) is 6.17. The predicted molar refractivity (Wildman–Crippen MR) is 247 cm³/mol. The Morgan fingerprint density at radius 3 is 2.36 bits per heavy atom. The van der Waals surface area contributed by atoms with E-state index >= 15 is 0 Å². The number of carbonyl (C=O) groups excluding carboxylic acids is 4. The van der Waals surface area contributed by atoms with E-state index in [-0.39, 0.29) is 97.4 Å². The van der Waals surface area contributed by atoms with Crippen LogP contribution in [0.2, 0.25) is 5.02 Å². The molecule has 0 radical (unpaired) electrons. The number of hydrogen-bond acceptors (Lipinski definition) is 9. The lowest BCUT2D eigenvalue weighted by atomic mass is 9.43. The van der Waals surface area contributed by atoms with E-state index < -0.39 is 71.8 Å². The number of benzene rings is 2. The zero-order chi connectivity index (χ0) is 47.9. The Kier molecular flexibility index (Phi) is 14.4. The number of fused-ring (bicyclic) bond motifs is 6. The number of H-pyrrole nitrogens is 1. The average molecular weight is 950 g/mol. The van der Waals surface area contributed by atoms with Crippen molar-refractivity contribution in [3.05, 3.63) is 70.6 Å². The van der Waals surface area contributed by atoms with Gasteiger partial charge in [-0.05, 0) is 140 Å². The number of aromatic amines is 1. The highest BCUT2D eigenvalue weighted by molar-refractivity contribution is 6.31. The van der Waals surface area contributed by atoms with Crippen LogP contribution in [0.15, 0.2) is 48.5 Å². The van der Waals surface area contributed by atoms with E-state index in [9.17, 15) is 48.8 Å². The number of rotatable bonds is 14. The van der Waals surface area contributed by atoms with Crippen molar-refractivity contribution in [3.63, 3.8) is 0 Å². The van der Waals surface area contributed by atoms with Crippen molar-refractivity contribution in [2.45, 2.75) is 141 Å². The van der Waals surface area contributed by atoms with Crippen LogP contribution in [-0.4, -0.2) is 110 Å². The minimum atomic E-state index is -1.43. The van der Waals surface area contributed by atoms with Gasteiger partial charge >= 0.3 is 11.9 Å². The highest BCUT2D eigenvalue weighted by atomic mass is 35.5. The molecule has 5 fully saturated rings. The molecular formula is C51H66ClFN4O10. The maximum atomic E-state index is 14.0. The first-order chi connectivity index (χ1) is 31.8. The normalized spacial score (nSPS) is 32.0. The second-order valence-corrected chi connectivity index (χ2v) is 21.4. The third kappa shape index (κ3) is 10.1. The van der Waals surface area contributed by atoms with Crippen LogP contribution in [0, 0.1) is 52.2 Å². The van der Waals surface area contributed by atoms with E-state index in [0.717, 1.165) is 31.1 Å². The number of carboxylic acid groups (broad SMARTS) is 1. The minimum absolute atomic E-state index is 0.0236. The first kappa shape index (κ1) is 48.9. The summed E-state index contributed by atoms with van der Waals surface area (Å²) in [6, 6.07) is 10.0. The second kappa shape index (κ2) is 19.8. The number of halogens is 2. The number of amides is 3. The quantitative estimate of drug-likeness (QED) is 0.0912. The fourth-order valence-corrected chi connectivity index (χ4v) is 13.7. The molecule has 14 nitrogen and oxygen atoms in total. The zero-order valence-electron chi connectivity index (χ0n) is 38.6. The monoisotopic (exact) mass is 948 g/mol. The van der Waals surface area contributed by atoms with E-state index in [1.165, 1.54) is 12.1 Å². The highest BCUT2D eigenvalue weighted by Crippen LogP contribution is 2.68. The van der Waals surface area contributed by atoms with Crippen molar-refractivity contribution in [3.8, 4) is 0 Å². The number of nitrogens with zero attached hydrogens (tertiary/aromatic N) is 1. The maximum Gasteiger partial charge on any atom is 0.329 e. The summed E-state index contributed by atoms with van der Waals surface area (Å²) in [5.41, 5.74) is 1.06. The average Bonchev–Trinajstić information content (AvgIpc) is 3.88. The fraction of sp³-hybridized carbons (Fsp3) is 0.627. The summed E-state index contributed by atoms with van der Waals surface area (Å²) in [6.07, 6.45) is 3.66. The lowest BCUT2D eigenvalue weighted by molar-refractivity contribution is -0.207. The molecule has 0 spiro atoms. The standard InChI is InChI=1S/C51H66ClFN4O10/c1-27(35-10-11-36-46-37(25-43(60)51(35,36)3)50(2)17-14-33(58)23-30(50)24-42(46)59)4-13-44(61)55-41(26-45(62)63)49(66)67-34-15-18-57(19-16-34)48(65)40(20-28-5-8-32(53)9-6-28)56-47(64)39-22-29-21-31(52)7-12-38(29)54-39/h5-9,12,21-22,27,30,33-37,40-43,46,54,58-60H,4,10-11,13-20,23-26H2,1-3H3,(H,55,61)(H,56,64)(H,62,63)/t27-,30+,33-,35-,36?,37?,40+,41+,42-,43+,46?,50+,51-/m1/s1. The summed E-state index contributed by atoms with van der Waals surface area (Å²) >= 11 is 6.14. The second-order valence-electron chi connectivity index (χ2n) is 21.0. The Morgan fingerprint density at radius 1 is 0.910 bits per heavy atom. The number of carbonyl (C=O) groups is 5. The van der Waals surface area contributed by atoms with Gasteiger partial charge in [-0.2, -0.15) is 0 Å². The number of aromatic nitrogens is 1. The molecule has 8 rings (SSSR count). The molecule has 1 aromatic heterocycles. The smallest absolute Gasteiger partial charge is 0.329 e. The van der Waals surface area contributed by atoms with Gasteiger partial charge < -0.3 is 45.7 Å². The van der Waals surface area contributed by atoms with Crippen LogP contribution >= 0.6 is 11.6 Å². The number of esters is 1. The minimum Gasteiger partial charge on any atom is -0.481 e. The van der Waals surface area contributed by atoms with Crippen LogP contribution in [0.25, 0.3) is 10.9 Å². The molecule has 5 aliphatic rings. The third-order valence-electron chi connectivity index (χ3n) is 17.2. The summed E-state index contributed by atoms with van der Waals surface area (Å²) in [6.45, 7) is 6.89. The molecule has 1 saturated heterocycles. The molecule has 2 heterocycles. The van der Waals surface area contributed by atoms with Crippen molar-refractivity contribution >= 4 is 52.2 Å². The van der Waals surface area contributed by atoms with Crippen LogP contribution in [0.4, 0.5) is 4.39 Å². The van der Waals surface area contributed by atoms with Crippen molar-refractivity contribution in [1.82, 2.24) is 20.5 Å². The summed E-state index contributed by atoms with van der Waals surface area (Å²) in [5, 5.41) is 50.5. The molecule has 2 aromatic carbocycles. The number of aliphatic hydroxyl groups is 3. The van der Waals surface area contributed by atoms with E-state index in [4.69, 9.17) is 16.3 Å². The highest BCUT2D eigenvalue weighted by Gasteiger charge is 2.65. The third-order valence-corrected chi connectivity index (χ3v) is 17.4. The van der Waals surface area contributed by atoms with Gasteiger partial charge in [0.2, 0.25) is 11.8 Å². The molecule has 3 amide bonds. The Hall–Kier alpha value is -4.57. The SMILES string of the molecule is C[C@H](CCC(=O)N[C@@H](CC(=O)O)C(=O)OC1CCN(C(=O)[C@H](Cc2ccc(F)cc2)NC(=O)c2cc3cc(Cl)ccc3[nH]2)CC1)[C@H]1CCC2C3C(C[C@H](O)[C@@]21C)[C@@]1(C)CC[C@@H](O)C[C@H]1C[C@H]3O. The zero-order valence-corrected chi connectivity index (χ0v) is 39.4. The maximum absolute atomic E-state index is 14.0. The van der Waals surface area contributed by atoms with Gasteiger partial charge in [-0.1, -0.05) is 44.5 Å². The number of hydrogen-bond donors (Lipinski definition) is 7. The molecule has 7 N–H and O–H groups in total. The number of likely N-dealkylation sites (tertiary alicyclic amines) is 1. The van der Waals surface area contributed by atoms with Crippen molar-refractivity contribution in [1.29, 1.82) is 0 Å². The van der Waals surface area contributed by atoms with Crippen LogP contribution in [0.3, 0.4) is 0 Å². The number of ether oxygens (including phenoxy) is 1. The summed E-state index contributed by atoms with van der Waals surface area (Å²) in [4.78, 5) is 71.0. The number of nitrogens with one attached hydrogen (secondary N) is 3. The lowest BCUT2D eigenvalue weighted by Crippen LogP contribution is -2.62. The van der Waals surface area contributed by atoms with Gasteiger partial charge in [0.25, 0.3) is 5.91 Å². The molecule has 13 atom stereocenters. The van der Waals surface area contributed by atoms with E-state index in [1.807, 2.05) is 0 Å².